The fourth-order valence-corrected chi connectivity index (χ4v) is 3.25. The summed E-state index contributed by atoms with van der Waals surface area (Å²) in [5.74, 6) is -1.79. The lowest BCUT2D eigenvalue weighted by Crippen LogP contribution is -2.15. The minimum atomic E-state index is -0.640. The summed E-state index contributed by atoms with van der Waals surface area (Å²) < 4.78 is 4.65. The second kappa shape index (κ2) is 4.39. The number of hydrogen-bond donors (Lipinski definition) is 0. The lowest BCUT2D eigenvalue weighted by atomic mass is 9.94. The Balaban J connectivity index is 1.85. The van der Waals surface area contributed by atoms with Crippen LogP contribution in [0, 0.1) is 0 Å². The molecular formula is C18H8O6. The Kier molecular flexibility index (Phi) is 2.42. The van der Waals surface area contributed by atoms with Gasteiger partial charge >= 0.3 is 17.9 Å². The number of hydrogen-bond acceptors (Lipinski definition) is 6. The molecule has 2 heterocycles. The normalized spacial score (nSPS) is 16.1. The van der Waals surface area contributed by atoms with Gasteiger partial charge in [0.05, 0.1) is 16.7 Å². The Bertz CT molecular complexity index is 1110. The molecule has 2 aliphatic heterocycles. The maximum atomic E-state index is 11.8. The summed E-state index contributed by atoms with van der Waals surface area (Å²) >= 11 is 0. The van der Waals surface area contributed by atoms with Crippen LogP contribution in [-0.4, -0.2) is 17.9 Å². The van der Waals surface area contributed by atoms with Crippen molar-refractivity contribution in [2.24, 2.45) is 0 Å². The lowest BCUT2D eigenvalue weighted by Gasteiger charge is -2.16. The molecule has 0 aromatic heterocycles. The number of benzene rings is 3. The van der Waals surface area contributed by atoms with Crippen LogP contribution in [0.5, 0.6) is 0 Å². The predicted octanol–water partition coefficient (Wildman–Crippen LogP) is 2.91. The van der Waals surface area contributed by atoms with Crippen molar-refractivity contribution < 1.29 is 28.9 Å². The number of ether oxygens (including phenoxy) is 1. The van der Waals surface area contributed by atoms with E-state index in [0.717, 1.165) is 27.1 Å². The zero-order chi connectivity index (χ0) is 16.4. The molecule has 24 heavy (non-hydrogen) atoms. The van der Waals surface area contributed by atoms with Gasteiger partial charge in [0.1, 0.15) is 6.61 Å². The van der Waals surface area contributed by atoms with E-state index in [1.165, 1.54) is 0 Å². The molecule has 0 radical (unpaired) electrons. The molecule has 0 fully saturated rings. The SMILES string of the molecule is O=C1OC(=O)c2cc3cc4c5c(ccc4cc3cc21)C(=O)OOC5. The second-order valence-corrected chi connectivity index (χ2v) is 5.72. The lowest BCUT2D eigenvalue weighted by molar-refractivity contribution is -0.256. The molecule has 0 aliphatic carbocycles. The van der Waals surface area contributed by atoms with Crippen molar-refractivity contribution in [3.8, 4) is 0 Å². The Hall–Kier alpha value is -3.25. The first-order valence-corrected chi connectivity index (χ1v) is 7.25. The topological polar surface area (TPSA) is 78.9 Å². The molecule has 6 nitrogen and oxygen atoms in total. The quantitative estimate of drug-likeness (QED) is 0.274. The van der Waals surface area contributed by atoms with Crippen LogP contribution in [0.25, 0.3) is 21.5 Å². The van der Waals surface area contributed by atoms with Gasteiger partial charge < -0.3 is 4.74 Å². The summed E-state index contributed by atoms with van der Waals surface area (Å²) in [7, 11) is 0. The largest absolute Gasteiger partial charge is 0.386 e. The predicted molar refractivity (Wildman–Crippen MR) is 81.4 cm³/mol. The summed E-state index contributed by atoms with van der Waals surface area (Å²) in [5, 5.41) is 3.33. The van der Waals surface area contributed by atoms with Gasteiger partial charge in [0.2, 0.25) is 0 Å². The fraction of sp³-hybridized carbons (Fsp3) is 0.0556. The van der Waals surface area contributed by atoms with Gasteiger partial charge in [-0.15, -0.1) is 0 Å². The molecule has 3 aromatic carbocycles. The van der Waals surface area contributed by atoms with Gasteiger partial charge in [0.25, 0.3) is 0 Å². The molecule has 0 saturated carbocycles. The van der Waals surface area contributed by atoms with Gasteiger partial charge in [-0.25, -0.2) is 14.4 Å². The monoisotopic (exact) mass is 320 g/mol. The number of carbonyl (C=O) groups is 3. The molecule has 2 aliphatic rings. The Morgan fingerprint density at radius 2 is 1.42 bits per heavy atom. The third-order valence-corrected chi connectivity index (χ3v) is 4.41. The van der Waals surface area contributed by atoms with Gasteiger partial charge in [0, 0.05) is 5.56 Å². The van der Waals surface area contributed by atoms with Gasteiger partial charge in [-0.05, 0) is 51.9 Å². The van der Waals surface area contributed by atoms with Gasteiger partial charge in [-0.3, -0.25) is 4.89 Å². The zero-order valence-corrected chi connectivity index (χ0v) is 12.1. The highest BCUT2D eigenvalue weighted by atomic mass is 17.2. The molecule has 0 atom stereocenters. The molecule has 5 rings (SSSR count). The molecular weight excluding hydrogens is 312 g/mol. The van der Waals surface area contributed by atoms with Crippen LogP contribution >= 0.6 is 0 Å². The second-order valence-electron chi connectivity index (χ2n) is 5.72. The van der Waals surface area contributed by atoms with Crippen molar-refractivity contribution in [1.82, 2.24) is 0 Å². The van der Waals surface area contributed by atoms with Crippen LogP contribution < -0.4 is 0 Å². The minimum Gasteiger partial charge on any atom is -0.386 e. The first kappa shape index (κ1) is 13.2. The van der Waals surface area contributed by atoms with E-state index < -0.39 is 17.9 Å². The van der Waals surface area contributed by atoms with Crippen molar-refractivity contribution in [2.45, 2.75) is 6.61 Å². The third-order valence-electron chi connectivity index (χ3n) is 4.41. The molecule has 0 unspecified atom stereocenters. The van der Waals surface area contributed by atoms with Crippen LogP contribution in [0.4, 0.5) is 0 Å². The van der Waals surface area contributed by atoms with Crippen LogP contribution in [0.3, 0.4) is 0 Å². The van der Waals surface area contributed by atoms with E-state index in [4.69, 9.17) is 4.89 Å². The van der Waals surface area contributed by atoms with Crippen LogP contribution in [0.2, 0.25) is 0 Å². The summed E-state index contributed by atoms with van der Waals surface area (Å²) in [6.07, 6.45) is 0. The van der Waals surface area contributed by atoms with Crippen LogP contribution in [0.1, 0.15) is 36.6 Å². The average Bonchev–Trinajstić information content (AvgIpc) is 2.85. The van der Waals surface area contributed by atoms with E-state index in [0.29, 0.717) is 5.56 Å². The van der Waals surface area contributed by atoms with E-state index in [9.17, 15) is 14.4 Å². The first-order valence-electron chi connectivity index (χ1n) is 7.25. The Labute approximate surface area is 134 Å². The molecule has 6 heteroatoms. The molecule has 0 spiro atoms. The van der Waals surface area contributed by atoms with Crippen molar-refractivity contribution in [1.29, 1.82) is 0 Å². The number of esters is 2. The van der Waals surface area contributed by atoms with E-state index in [-0.39, 0.29) is 17.7 Å². The van der Waals surface area contributed by atoms with Gasteiger partial charge in [-0.2, -0.15) is 4.89 Å². The highest BCUT2D eigenvalue weighted by Gasteiger charge is 2.30. The summed E-state index contributed by atoms with van der Waals surface area (Å²) in [5.41, 5.74) is 1.73. The number of carbonyl (C=O) groups excluding carboxylic acids is 3. The molecule has 0 N–H and O–H groups in total. The highest BCUT2D eigenvalue weighted by molar-refractivity contribution is 6.18. The van der Waals surface area contributed by atoms with Crippen LogP contribution in [-0.2, 0) is 21.1 Å². The summed E-state index contributed by atoms with van der Waals surface area (Å²) in [4.78, 5) is 44.7. The molecule has 0 saturated heterocycles. The molecule has 0 amide bonds. The third kappa shape index (κ3) is 1.65. The standard InChI is InChI=1S/C18H8O6/c19-16-13-5-9-3-8-1-2-11-15(7-22-24-18(11)21)12(8)4-10(9)6-14(13)17(20)23-16/h1-6H,7H2. The van der Waals surface area contributed by atoms with Crippen molar-refractivity contribution in [2.75, 3.05) is 0 Å². The van der Waals surface area contributed by atoms with E-state index in [1.54, 1.807) is 18.2 Å². The minimum absolute atomic E-state index is 0.162. The van der Waals surface area contributed by atoms with Gasteiger partial charge in [-0.1, -0.05) is 6.07 Å². The van der Waals surface area contributed by atoms with Crippen molar-refractivity contribution in [3.05, 3.63) is 58.7 Å². The fourth-order valence-electron chi connectivity index (χ4n) is 3.25. The summed E-state index contributed by atoms with van der Waals surface area (Å²) in [6.45, 7) is 0.162. The molecule has 116 valence electrons. The molecule has 3 aromatic rings. The number of fused-ring (bicyclic) bond motifs is 5. The number of rotatable bonds is 0. The Morgan fingerprint density at radius 1 is 0.708 bits per heavy atom. The highest BCUT2D eigenvalue weighted by Crippen LogP contribution is 2.33. The van der Waals surface area contributed by atoms with E-state index >= 15 is 0 Å². The maximum absolute atomic E-state index is 11.8. The number of cyclic esters (lactones) is 2. The molecule has 0 bridgehead atoms. The average molecular weight is 320 g/mol. The van der Waals surface area contributed by atoms with Crippen LogP contribution in [0.15, 0.2) is 36.4 Å². The van der Waals surface area contributed by atoms with E-state index in [2.05, 4.69) is 9.62 Å². The van der Waals surface area contributed by atoms with E-state index in [1.807, 2.05) is 18.2 Å². The maximum Gasteiger partial charge on any atom is 0.373 e. The van der Waals surface area contributed by atoms with Crippen molar-refractivity contribution >= 4 is 39.5 Å². The van der Waals surface area contributed by atoms with Crippen molar-refractivity contribution in [3.63, 3.8) is 0 Å². The smallest absolute Gasteiger partial charge is 0.373 e. The van der Waals surface area contributed by atoms with Gasteiger partial charge in [0.15, 0.2) is 0 Å². The Morgan fingerprint density at radius 3 is 2.17 bits per heavy atom. The zero-order valence-electron chi connectivity index (χ0n) is 12.1. The summed E-state index contributed by atoms with van der Waals surface area (Å²) in [6, 6.07) is 10.6. The first-order chi connectivity index (χ1) is 11.6.